The fourth-order valence-electron chi connectivity index (χ4n) is 2.64. The number of nitrogens with one attached hydrogen (secondary N) is 2. The van der Waals surface area contributed by atoms with Gasteiger partial charge in [0.15, 0.2) is 0 Å². The third-order valence-electron chi connectivity index (χ3n) is 3.95. The largest absolute Gasteiger partial charge is 0.372 e. The molecule has 0 unspecified atom stereocenters. The highest BCUT2D eigenvalue weighted by molar-refractivity contribution is 7.09. The molecule has 0 spiro atoms. The number of hydrogen-bond donors (Lipinski definition) is 2. The third kappa shape index (κ3) is 3.73. The summed E-state index contributed by atoms with van der Waals surface area (Å²) in [5.74, 6) is -0.178. The first-order valence-corrected chi connectivity index (χ1v) is 8.75. The van der Waals surface area contributed by atoms with Crippen LogP contribution >= 0.6 is 11.3 Å². The van der Waals surface area contributed by atoms with E-state index in [1.54, 1.807) is 23.5 Å². The van der Waals surface area contributed by atoms with Crippen molar-refractivity contribution >= 4 is 34.5 Å². The Hall–Kier alpha value is -2.41. The first-order chi connectivity index (χ1) is 11.5. The van der Waals surface area contributed by atoms with Crippen molar-refractivity contribution in [1.82, 2.24) is 10.3 Å². The summed E-state index contributed by atoms with van der Waals surface area (Å²) in [6.45, 7) is 3.16. The molecule has 7 heteroatoms. The first-order valence-electron chi connectivity index (χ1n) is 7.87. The third-order valence-corrected chi connectivity index (χ3v) is 4.77. The van der Waals surface area contributed by atoms with Crippen LogP contribution in [0.15, 0.2) is 23.6 Å². The Morgan fingerprint density at radius 3 is 3.04 bits per heavy atom. The second-order valence-corrected chi connectivity index (χ2v) is 6.88. The molecule has 0 saturated carbocycles. The van der Waals surface area contributed by atoms with E-state index in [0.717, 1.165) is 16.4 Å². The van der Waals surface area contributed by atoms with Crippen LogP contribution in [0.3, 0.4) is 0 Å². The molecule has 0 bridgehead atoms. The van der Waals surface area contributed by atoms with E-state index in [-0.39, 0.29) is 11.8 Å². The van der Waals surface area contributed by atoms with E-state index in [0.29, 0.717) is 37.2 Å². The molecule has 2 amide bonds. The Labute approximate surface area is 144 Å². The molecule has 3 rings (SSSR count). The number of rotatable bonds is 4. The van der Waals surface area contributed by atoms with Crippen LogP contribution in [-0.2, 0) is 11.2 Å². The van der Waals surface area contributed by atoms with Gasteiger partial charge in [-0.05, 0) is 25.1 Å². The number of aromatic nitrogens is 1. The molecule has 1 aliphatic rings. The Kier molecular flexibility index (Phi) is 4.80. The molecule has 0 saturated heterocycles. The summed E-state index contributed by atoms with van der Waals surface area (Å²) < 4.78 is 0. The second-order valence-electron chi connectivity index (χ2n) is 5.82. The van der Waals surface area contributed by atoms with Crippen LogP contribution in [0.2, 0.25) is 0 Å². The number of amides is 2. The van der Waals surface area contributed by atoms with Crippen LogP contribution in [0.1, 0.15) is 27.5 Å². The van der Waals surface area contributed by atoms with Crippen LogP contribution in [0.5, 0.6) is 0 Å². The summed E-state index contributed by atoms with van der Waals surface area (Å²) in [5, 5.41) is 8.80. The van der Waals surface area contributed by atoms with Gasteiger partial charge < -0.3 is 15.5 Å². The standard InChI is InChI=1S/C17H20N4O2S/c1-11-19-13(10-24-11)5-7-18-17(23)12-3-4-15-14(9-12)20-16(22)6-8-21(15)2/h3-4,9-10H,5-8H2,1-2H3,(H,18,23)(H,20,22). The smallest absolute Gasteiger partial charge is 0.251 e. The van der Waals surface area contributed by atoms with E-state index >= 15 is 0 Å². The van der Waals surface area contributed by atoms with Crippen molar-refractivity contribution in [1.29, 1.82) is 0 Å². The lowest BCUT2D eigenvalue weighted by molar-refractivity contribution is -0.115. The lowest BCUT2D eigenvalue weighted by Crippen LogP contribution is -2.26. The summed E-state index contributed by atoms with van der Waals surface area (Å²) >= 11 is 1.61. The van der Waals surface area contributed by atoms with Crippen LogP contribution in [-0.4, -0.2) is 36.9 Å². The second kappa shape index (κ2) is 7.00. The van der Waals surface area contributed by atoms with Gasteiger partial charge in [0.1, 0.15) is 0 Å². The van der Waals surface area contributed by atoms with Crippen molar-refractivity contribution in [2.45, 2.75) is 19.8 Å². The molecule has 2 heterocycles. The molecule has 0 radical (unpaired) electrons. The molecule has 1 aromatic heterocycles. The molecule has 24 heavy (non-hydrogen) atoms. The molecule has 1 aliphatic heterocycles. The summed E-state index contributed by atoms with van der Waals surface area (Å²) in [5.41, 5.74) is 3.14. The predicted molar refractivity (Wildman–Crippen MR) is 95.8 cm³/mol. The fraction of sp³-hybridized carbons (Fsp3) is 0.353. The molecule has 0 atom stereocenters. The van der Waals surface area contributed by atoms with Gasteiger partial charge in [-0.2, -0.15) is 0 Å². The molecular formula is C17H20N4O2S. The van der Waals surface area contributed by atoms with Crippen LogP contribution in [0, 0.1) is 6.92 Å². The van der Waals surface area contributed by atoms with Gasteiger partial charge in [0.05, 0.1) is 22.1 Å². The van der Waals surface area contributed by atoms with E-state index in [1.807, 2.05) is 30.3 Å². The Balaban J connectivity index is 1.66. The van der Waals surface area contributed by atoms with Gasteiger partial charge in [-0.25, -0.2) is 4.98 Å². The summed E-state index contributed by atoms with van der Waals surface area (Å²) in [7, 11) is 1.94. The van der Waals surface area contributed by atoms with Crippen molar-refractivity contribution in [3.63, 3.8) is 0 Å². The molecular weight excluding hydrogens is 324 g/mol. The minimum Gasteiger partial charge on any atom is -0.372 e. The average Bonchev–Trinajstić information content (AvgIpc) is 2.91. The van der Waals surface area contributed by atoms with E-state index in [9.17, 15) is 9.59 Å². The van der Waals surface area contributed by atoms with Gasteiger partial charge in [0.2, 0.25) is 5.91 Å². The molecule has 2 N–H and O–H groups in total. The maximum Gasteiger partial charge on any atom is 0.251 e. The summed E-state index contributed by atoms with van der Waals surface area (Å²) in [4.78, 5) is 30.5. The van der Waals surface area contributed by atoms with Crippen molar-refractivity contribution in [3.8, 4) is 0 Å². The van der Waals surface area contributed by atoms with Gasteiger partial charge in [-0.15, -0.1) is 11.3 Å². The number of hydrogen-bond acceptors (Lipinski definition) is 5. The SMILES string of the molecule is Cc1nc(CCNC(=O)c2ccc3c(c2)NC(=O)CCN3C)cs1. The van der Waals surface area contributed by atoms with Crippen molar-refractivity contribution < 1.29 is 9.59 Å². The summed E-state index contributed by atoms with van der Waals surface area (Å²) in [6.07, 6.45) is 1.15. The number of carbonyl (C=O) groups is 2. The number of benzene rings is 1. The maximum atomic E-state index is 12.3. The first kappa shape index (κ1) is 16.4. The zero-order valence-electron chi connectivity index (χ0n) is 13.8. The van der Waals surface area contributed by atoms with E-state index in [2.05, 4.69) is 15.6 Å². The van der Waals surface area contributed by atoms with E-state index in [1.165, 1.54) is 0 Å². The highest BCUT2D eigenvalue weighted by atomic mass is 32.1. The highest BCUT2D eigenvalue weighted by Crippen LogP contribution is 2.28. The number of thiazole rings is 1. The lowest BCUT2D eigenvalue weighted by atomic mass is 10.1. The Morgan fingerprint density at radius 2 is 2.29 bits per heavy atom. The minimum absolute atomic E-state index is 0.0305. The van der Waals surface area contributed by atoms with Gasteiger partial charge in [-0.1, -0.05) is 0 Å². The molecule has 2 aromatic rings. The number of aryl methyl sites for hydroxylation is 1. The minimum atomic E-state index is -0.147. The molecule has 0 aliphatic carbocycles. The molecule has 6 nitrogen and oxygen atoms in total. The number of fused-ring (bicyclic) bond motifs is 1. The van der Waals surface area contributed by atoms with Crippen LogP contribution in [0.4, 0.5) is 11.4 Å². The molecule has 0 fully saturated rings. The zero-order valence-corrected chi connectivity index (χ0v) is 14.6. The number of anilines is 2. The Morgan fingerprint density at radius 1 is 1.46 bits per heavy atom. The quantitative estimate of drug-likeness (QED) is 0.892. The fourth-order valence-corrected chi connectivity index (χ4v) is 3.29. The topological polar surface area (TPSA) is 74.3 Å². The predicted octanol–water partition coefficient (Wildman–Crippen LogP) is 2.20. The highest BCUT2D eigenvalue weighted by Gasteiger charge is 2.18. The Bertz CT molecular complexity index is 772. The normalized spacial score (nSPS) is 13.9. The molecule has 1 aromatic carbocycles. The van der Waals surface area contributed by atoms with Crippen LogP contribution in [0.25, 0.3) is 0 Å². The van der Waals surface area contributed by atoms with Gasteiger partial charge in [-0.3, -0.25) is 9.59 Å². The number of nitrogens with zero attached hydrogens (tertiary/aromatic N) is 2. The monoisotopic (exact) mass is 344 g/mol. The van der Waals surface area contributed by atoms with Crippen molar-refractivity contribution in [2.75, 3.05) is 30.4 Å². The maximum absolute atomic E-state index is 12.3. The van der Waals surface area contributed by atoms with Gasteiger partial charge >= 0.3 is 0 Å². The number of carbonyl (C=O) groups excluding carboxylic acids is 2. The van der Waals surface area contributed by atoms with Crippen LogP contribution < -0.4 is 15.5 Å². The zero-order chi connectivity index (χ0) is 17.1. The van der Waals surface area contributed by atoms with Gasteiger partial charge in [0.25, 0.3) is 5.91 Å². The van der Waals surface area contributed by atoms with E-state index < -0.39 is 0 Å². The average molecular weight is 344 g/mol. The van der Waals surface area contributed by atoms with Crippen molar-refractivity contribution in [3.05, 3.63) is 39.8 Å². The van der Waals surface area contributed by atoms with Gasteiger partial charge in [0, 0.05) is 43.9 Å². The summed E-state index contributed by atoms with van der Waals surface area (Å²) in [6, 6.07) is 5.39. The lowest BCUT2D eigenvalue weighted by Gasteiger charge is -2.18. The van der Waals surface area contributed by atoms with E-state index in [4.69, 9.17) is 0 Å². The van der Waals surface area contributed by atoms with Crippen molar-refractivity contribution in [2.24, 2.45) is 0 Å². The molecule has 126 valence electrons.